The molecule has 1 amide bonds. The van der Waals surface area contributed by atoms with Crippen LogP contribution in [0.4, 0.5) is 0 Å². The smallest absolute Gasteiger partial charge is 0.270 e. The summed E-state index contributed by atoms with van der Waals surface area (Å²) in [6.45, 7) is 3.10. The van der Waals surface area contributed by atoms with Gasteiger partial charge in [0.2, 0.25) is 0 Å². The van der Waals surface area contributed by atoms with Gasteiger partial charge < -0.3 is 15.0 Å². The maximum Gasteiger partial charge on any atom is 0.270 e. The zero-order chi connectivity index (χ0) is 12.7. The molecule has 0 radical (unpaired) electrons. The van der Waals surface area contributed by atoms with E-state index < -0.39 is 0 Å². The van der Waals surface area contributed by atoms with Gasteiger partial charge in [-0.25, -0.2) is 0 Å². The van der Waals surface area contributed by atoms with Crippen molar-refractivity contribution in [3.05, 3.63) is 35.5 Å². The molecule has 18 heavy (non-hydrogen) atoms. The molecule has 0 spiro atoms. The van der Waals surface area contributed by atoms with Gasteiger partial charge in [0.25, 0.3) is 5.91 Å². The van der Waals surface area contributed by atoms with Crippen molar-refractivity contribution in [2.75, 3.05) is 13.1 Å². The zero-order valence-corrected chi connectivity index (χ0v) is 10.3. The third kappa shape index (κ3) is 1.88. The van der Waals surface area contributed by atoms with Crippen LogP contribution in [0, 0.1) is 6.92 Å². The summed E-state index contributed by atoms with van der Waals surface area (Å²) < 4.78 is 0. The molecule has 0 bridgehead atoms. The van der Waals surface area contributed by atoms with Gasteiger partial charge in [0.05, 0.1) is 6.10 Å². The number of aromatic nitrogens is 1. The molecule has 0 saturated carbocycles. The second-order valence-electron chi connectivity index (χ2n) is 4.97. The number of likely N-dealkylation sites (tertiary alicyclic amines) is 1. The average molecular weight is 244 g/mol. The number of aliphatic hydroxyl groups excluding tert-OH is 1. The van der Waals surface area contributed by atoms with Gasteiger partial charge in [-0.3, -0.25) is 4.79 Å². The first-order chi connectivity index (χ1) is 8.63. The highest BCUT2D eigenvalue weighted by atomic mass is 16.3. The highest BCUT2D eigenvalue weighted by Crippen LogP contribution is 2.19. The largest absolute Gasteiger partial charge is 0.391 e. The third-order valence-corrected chi connectivity index (χ3v) is 3.46. The molecule has 1 atom stereocenters. The highest BCUT2D eigenvalue weighted by Gasteiger charge is 2.26. The number of carbonyl (C=O) groups is 1. The molecule has 0 aliphatic carbocycles. The molecule has 1 aromatic heterocycles. The lowest BCUT2D eigenvalue weighted by Crippen LogP contribution is -2.29. The maximum absolute atomic E-state index is 12.2. The predicted octanol–water partition coefficient (Wildman–Crippen LogP) is 1.68. The van der Waals surface area contributed by atoms with Gasteiger partial charge in [0.1, 0.15) is 5.69 Å². The first kappa shape index (κ1) is 11.3. The van der Waals surface area contributed by atoms with E-state index >= 15 is 0 Å². The standard InChI is InChI=1S/C14H16N2O2/c1-9-2-3-10-7-13(15-12(10)6-9)14(18)16-5-4-11(17)8-16/h2-3,6-7,11,15,17H,4-5,8H2,1H3/t11-/m1/s1. The molecule has 4 heteroatoms. The summed E-state index contributed by atoms with van der Waals surface area (Å²) in [5.41, 5.74) is 2.75. The number of aliphatic hydroxyl groups is 1. The van der Waals surface area contributed by atoms with E-state index in [1.165, 1.54) is 5.56 Å². The van der Waals surface area contributed by atoms with Gasteiger partial charge in [0, 0.05) is 24.0 Å². The highest BCUT2D eigenvalue weighted by molar-refractivity contribution is 5.98. The van der Waals surface area contributed by atoms with Gasteiger partial charge in [-0.2, -0.15) is 0 Å². The fourth-order valence-corrected chi connectivity index (χ4v) is 2.45. The summed E-state index contributed by atoms with van der Waals surface area (Å²) in [5.74, 6) is -0.0274. The van der Waals surface area contributed by atoms with E-state index in [2.05, 4.69) is 4.98 Å². The number of aromatic amines is 1. The molecule has 1 saturated heterocycles. The van der Waals surface area contributed by atoms with Crippen molar-refractivity contribution in [1.29, 1.82) is 0 Å². The van der Waals surface area contributed by atoms with Gasteiger partial charge in [-0.15, -0.1) is 0 Å². The van der Waals surface area contributed by atoms with Crippen molar-refractivity contribution < 1.29 is 9.90 Å². The molecule has 2 N–H and O–H groups in total. The van der Waals surface area contributed by atoms with Crippen LogP contribution in [0.2, 0.25) is 0 Å². The minimum Gasteiger partial charge on any atom is -0.391 e. The Morgan fingerprint density at radius 2 is 2.28 bits per heavy atom. The van der Waals surface area contributed by atoms with Crippen molar-refractivity contribution in [2.24, 2.45) is 0 Å². The van der Waals surface area contributed by atoms with E-state index in [0.29, 0.717) is 25.2 Å². The van der Waals surface area contributed by atoms with Crippen LogP contribution < -0.4 is 0 Å². The van der Waals surface area contributed by atoms with Crippen LogP contribution in [-0.2, 0) is 0 Å². The molecule has 1 aliphatic rings. The van der Waals surface area contributed by atoms with Crippen LogP contribution in [0.25, 0.3) is 10.9 Å². The number of β-amino-alcohol motifs (C(OH)–C–C–N with tert-alkyl or cyclic N) is 1. The minimum atomic E-state index is -0.374. The quantitative estimate of drug-likeness (QED) is 0.802. The van der Waals surface area contributed by atoms with Crippen molar-refractivity contribution in [2.45, 2.75) is 19.4 Å². The first-order valence-electron chi connectivity index (χ1n) is 6.20. The lowest BCUT2D eigenvalue weighted by atomic mass is 10.2. The fraction of sp³-hybridized carbons (Fsp3) is 0.357. The maximum atomic E-state index is 12.2. The SMILES string of the molecule is Cc1ccc2cc(C(=O)N3CC[C@@H](O)C3)[nH]c2c1. The molecule has 1 aliphatic heterocycles. The molecule has 3 rings (SSSR count). The number of hydrogen-bond acceptors (Lipinski definition) is 2. The summed E-state index contributed by atoms with van der Waals surface area (Å²) >= 11 is 0. The van der Waals surface area contributed by atoms with E-state index in [1.807, 2.05) is 31.2 Å². The molecule has 94 valence electrons. The number of benzene rings is 1. The minimum absolute atomic E-state index is 0.0274. The van der Waals surface area contributed by atoms with Gasteiger partial charge >= 0.3 is 0 Å². The lowest BCUT2D eigenvalue weighted by molar-refractivity contribution is 0.0760. The Morgan fingerprint density at radius 1 is 1.44 bits per heavy atom. The number of H-pyrrole nitrogens is 1. The Labute approximate surface area is 105 Å². The van der Waals surface area contributed by atoms with E-state index in [4.69, 9.17) is 0 Å². The second-order valence-corrected chi connectivity index (χ2v) is 4.97. The molecule has 2 heterocycles. The van der Waals surface area contributed by atoms with Gasteiger partial charge in [-0.1, -0.05) is 12.1 Å². The van der Waals surface area contributed by atoms with Crippen LogP contribution in [0.15, 0.2) is 24.3 Å². The number of aryl methyl sites for hydroxylation is 1. The lowest BCUT2D eigenvalue weighted by Gasteiger charge is -2.13. The van der Waals surface area contributed by atoms with Crippen LogP contribution in [0.3, 0.4) is 0 Å². The summed E-state index contributed by atoms with van der Waals surface area (Å²) in [4.78, 5) is 17.1. The molecule has 4 nitrogen and oxygen atoms in total. The number of rotatable bonds is 1. The van der Waals surface area contributed by atoms with E-state index in [1.54, 1.807) is 4.90 Å². The first-order valence-corrected chi connectivity index (χ1v) is 6.20. The Balaban J connectivity index is 1.92. The topological polar surface area (TPSA) is 56.3 Å². The number of hydrogen-bond donors (Lipinski definition) is 2. The molecular formula is C14H16N2O2. The number of fused-ring (bicyclic) bond motifs is 1. The van der Waals surface area contributed by atoms with Crippen molar-refractivity contribution in [3.8, 4) is 0 Å². The Bertz CT molecular complexity index is 603. The number of carbonyl (C=O) groups excluding carboxylic acids is 1. The Morgan fingerprint density at radius 3 is 3.00 bits per heavy atom. The van der Waals surface area contributed by atoms with Crippen LogP contribution >= 0.6 is 0 Å². The van der Waals surface area contributed by atoms with Gasteiger partial charge in [0.15, 0.2) is 0 Å². The second kappa shape index (κ2) is 4.14. The van der Waals surface area contributed by atoms with Crippen LogP contribution in [-0.4, -0.2) is 40.1 Å². The van der Waals surface area contributed by atoms with E-state index in [-0.39, 0.29) is 12.0 Å². The number of nitrogens with one attached hydrogen (secondary N) is 1. The van der Waals surface area contributed by atoms with Crippen molar-refractivity contribution >= 4 is 16.8 Å². The van der Waals surface area contributed by atoms with E-state index in [9.17, 15) is 9.90 Å². The zero-order valence-electron chi connectivity index (χ0n) is 10.3. The number of nitrogens with zero attached hydrogens (tertiary/aromatic N) is 1. The third-order valence-electron chi connectivity index (χ3n) is 3.46. The average Bonchev–Trinajstić information content (AvgIpc) is 2.93. The van der Waals surface area contributed by atoms with Crippen LogP contribution in [0.1, 0.15) is 22.5 Å². The molecular weight excluding hydrogens is 228 g/mol. The normalized spacial score (nSPS) is 19.7. The molecule has 1 fully saturated rings. The summed E-state index contributed by atoms with van der Waals surface area (Å²) in [6.07, 6.45) is 0.297. The van der Waals surface area contributed by atoms with E-state index in [0.717, 1.165) is 10.9 Å². The number of amides is 1. The molecule has 0 unspecified atom stereocenters. The fourth-order valence-electron chi connectivity index (χ4n) is 2.45. The monoisotopic (exact) mass is 244 g/mol. The summed E-state index contributed by atoms with van der Waals surface area (Å²) in [5, 5.41) is 10.5. The Kier molecular flexibility index (Phi) is 2.59. The van der Waals surface area contributed by atoms with Gasteiger partial charge in [-0.05, 0) is 31.0 Å². The predicted molar refractivity (Wildman–Crippen MR) is 69.6 cm³/mol. The van der Waals surface area contributed by atoms with Crippen LogP contribution in [0.5, 0.6) is 0 Å². The summed E-state index contributed by atoms with van der Waals surface area (Å²) in [6, 6.07) is 7.95. The summed E-state index contributed by atoms with van der Waals surface area (Å²) in [7, 11) is 0. The molecule has 2 aromatic rings. The van der Waals surface area contributed by atoms with Crippen molar-refractivity contribution in [3.63, 3.8) is 0 Å². The Hall–Kier alpha value is -1.81. The molecule has 1 aromatic carbocycles. The van der Waals surface area contributed by atoms with Crippen molar-refractivity contribution in [1.82, 2.24) is 9.88 Å².